The Morgan fingerprint density at radius 3 is 2.10 bits per heavy atom. The molecule has 348 valence electrons. The number of esters is 1. The van der Waals surface area contributed by atoms with Crippen molar-refractivity contribution in [1.82, 2.24) is 4.90 Å². The first-order valence-electron chi connectivity index (χ1n) is 22.4. The van der Waals surface area contributed by atoms with Crippen molar-refractivity contribution >= 4 is 11.8 Å². The number of likely N-dealkylation sites (N-methyl/N-ethyl adjacent to an activating group) is 1. The minimum absolute atomic E-state index is 0.00680. The largest absolute Gasteiger partial charge is 0.459 e. The van der Waals surface area contributed by atoms with Crippen molar-refractivity contribution in [3.8, 4) is 0 Å². The number of rotatable bonds is 11. The SMILES string of the molecule is CCC1OC(=O)[C@H](C)C(OC2C[C@@](C)(OC)C(OCc3ccccc3)[C@H](C)O2)[C@H](C)[C@@H](O[C@H]2O[C@@H](C)CC(N(C)C)[C@@H]2O)C(C)(OC)CC(C)C(=O)C(C)C2C(O)CO[C@]12C. The summed E-state index contributed by atoms with van der Waals surface area (Å²) in [4.78, 5) is 31.2. The number of cyclic esters (lactones) is 1. The minimum atomic E-state index is -1.20. The van der Waals surface area contributed by atoms with E-state index in [0.29, 0.717) is 19.4 Å². The molecule has 14 nitrogen and oxygen atoms in total. The van der Waals surface area contributed by atoms with Crippen molar-refractivity contribution < 1.29 is 62.4 Å². The number of nitrogens with zero attached hydrogens (tertiary/aromatic N) is 1. The predicted octanol–water partition coefficient (Wildman–Crippen LogP) is 5.32. The van der Waals surface area contributed by atoms with Crippen LogP contribution in [0.2, 0.25) is 0 Å². The monoisotopic (exact) mass is 864 g/mol. The molecule has 4 saturated heterocycles. The molecule has 4 heterocycles. The van der Waals surface area contributed by atoms with Gasteiger partial charge in [0.2, 0.25) is 0 Å². The second-order valence-corrected chi connectivity index (χ2v) is 19.3. The van der Waals surface area contributed by atoms with Crippen LogP contribution in [-0.4, -0.2) is 146 Å². The maximum Gasteiger partial charge on any atom is 0.311 e. The van der Waals surface area contributed by atoms with Crippen molar-refractivity contribution in [2.75, 3.05) is 34.9 Å². The summed E-state index contributed by atoms with van der Waals surface area (Å²) < 4.78 is 58.8. The number of hydrogen-bond acceptors (Lipinski definition) is 14. The maximum absolute atomic E-state index is 14.7. The van der Waals surface area contributed by atoms with Crippen molar-refractivity contribution in [2.24, 2.45) is 29.6 Å². The average Bonchev–Trinajstić information content (AvgIpc) is 3.53. The summed E-state index contributed by atoms with van der Waals surface area (Å²) in [5.41, 5.74) is -2.17. The molecule has 1 aromatic carbocycles. The number of methoxy groups -OCH3 is 2. The Hall–Kier alpha value is -2.08. The van der Waals surface area contributed by atoms with Crippen molar-refractivity contribution in [3.63, 3.8) is 0 Å². The van der Waals surface area contributed by atoms with Gasteiger partial charge >= 0.3 is 5.97 Å². The summed E-state index contributed by atoms with van der Waals surface area (Å²) in [6, 6.07) is 9.65. The molecule has 14 heteroatoms. The van der Waals surface area contributed by atoms with Crippen LogP contribution in [0.5, 0.6) is 0 Å². The van der Waals surface area contributed by atoms with Crippen LogP contribution in [0, 0.1) is 29.6 Å². The van der Waals surface area contributed by atoms with Gasteiger partial charge in [-0.3, -0.25) is 9.59 Å². The number of fused-ring (bicyclic) bond motifs is 1. The lowest BCUT2D eigenvalue weighted by Gasteiger charge is -2.50. The Bertz CT molecular complexity index is 1580. The third kappa shape index (κ3) is 10.6. The first kappa shape index (κ1) is 49.9. The molecular formula is C47H77NO13. The van der Waals surface area contributed by atoms with E-state index in [1.807, 2.05) is 112 Å². The van der Waals surface area contributed by atoms with Crippen LogP contribution in [0.4, 0.5) is 0 Å². The Labute approximate surface area is 364 Å². The fourth-order valence-corrected chi connectivity index (χ4v) is 10.9. The predicted molar refractivity (Wildman–Crippen MR) is 227 cm³/mol. The highest BCUT2D eigenvalue weighted by Crippen LogP contribution is 2.46. The quantitative estimate of drug-likeness (QED) is 0.275. The molecule has 0 bridgehead atoms. The van der Waals surface area contributed by atoms with E-state index in [1.54, 1.807) is 21.1 Å². The third-order valence-corrected chi connectivity index (χ3v) is 14.6. The fourth-order valence-electron chi connectivity index (χ4n) is 10.9. The highest BCUT2D eigenvalue weighted by molar-refractivity contribution is 5.83. The normalized spacial score (nSPS) is 45.6. The third-order valence-electron chi connectivity index (χ3n) is 14.6. The van der Waals surface area contributed by atoms with Crippen molar-refractivity contribution in [2.45, 2.75) is 186 Å². The summed E-state index contributed by atoms with van der Waals surface area (Å²) in [6.45, 7) is 19.2. The van der Waals surface area contributed by atoms with Crippen LogP contribution < -0.4 is 0 Å². The molecule has 19 atom stereocenters. The molecule has 0 saturated carbocycles. The van der Waals surface area contributed by atoms with E-state index in [0.717, 1.165) is 5.56 Å². The van der Waals surface area contributed by atoms with Crippen LogP contribution in [0.3, 0.4) is 0 Å². The summed E-state index contributed by atoms with van der Waals surface area (Å²) in [5, 5.41) is 23.2. The first-order chi connectivity index (χ1) is 28.6. The van der Waals surface area contributed by atoms with E-state index < -0.39 is 108 Å². The molecule has 4 aliphatic rings. The number of aliphatic hydroxyl groups excluding tert-OH is 2. The lowest BCUT2D eigenvalue weighted by Crippen LogP contribution is -2.61. The molecule has 0 aromatic heterocycles. The average molecular weight is 864 g/mol. The standard InChI is InChI=1S/C47H77NO13/c1-15-35-47(10)37(34(49)25-56-47)28(4)38(50)26(2)22-45(8,53-13)41(61-44-39(51)33(48(11)12)21-27(3)57-44)29(5)40(30(6)43(52)59-35)60-36-23-46(9,54-14)42(31(7)58-36)55-24-32-19-17-16-18-20-32/h16-20,26-31,33-37,39-42,44,49,51H,15,21-25H2,1-14H3/t26?,27-,28?,29-,30+,31-,33?,34?,35?,36?,37?,39-,40?,41+,42?,44+,45?,46+,47+/m0/s1. The van der Waals surface area contributed by atoms with Gasteiger partial charge in [0.05, 0.1) is 60.9 Å². The zero-order valence-electron chi connectivity index (χ0n) is 39.2. The second-order valence-electron chi connectivity index (χ2n) is 19.3. The highest BCUT2D eigenvalue weighted by atomic mass is 16.7. The molecule has 10 unspecified atom stereocenters. The van der Waals surface area contributed by atoms with Crippen LogP contribution in [0.15, 0.2) is 30.3 Å². The lowest BCUT2D eigenvalue weighted by atomic mass is 9.69. The number of carbonyl (C=O) groups is 2. The number of hydrogen-bond donors (Lipinski definition) is 2. The Morgan fingerprint density at radius 1 is 0.852 bits per heavy atom. The van der Waals surface area contributed by atoms with E-state index >= 15 is 0 Å². The lowest BCUT2D eigenvalue weighted by molar-refractivity contribution is -0.322. The Balaban J connectivity index is 1.58. The Kier molecular flexibility index (Phi) is 16.7. The molecule has 2 N–H and O–H groups in total. The molecule has 4 fully saturated rings. The summed E-state index contributed by atoms with van der Waals surface area (Å²) in [6.07, 6.45) is -6.27. The molecular weight excluding hydrogens is 787 g/mol. The van der Waals surface area contributed by atoms with Gasteiger partial charge in [0.25, 0.3) is 0 Å². The zero-order valence-corrected chi connectivity index (χ0v) is 39.2. The maximum atomic E-state index is 14.7. The van der Waals surface area contributed by atoms with Gasteiger partial charge in [-0.15, -0.1) is 0 Å². The second kappa shape index (κ2) is 20.4. The van der Waals surface area contributed by atoms with Crippen LogP contribution in [0.25, 0.3) is 0 Å². The molecule has 0 radical (unpaired) electrons. The molecule has 5 rings (SSSR count). The summed E-state index contributed by atoms with van der Waals surface area (Å²) in [7, 11) is 7.05. The van der Waals surface area contributed by atoms with E-state index in [2.05, 4.69) is 0 Å². The van der Waals surface area contributed by atoms with Gasteiger partial charge in [-0.05, 0) is 80.5 Å². The number of benzene rings is 1. The van der Waals surface area contributed by atoms with Crippen LogP contribution in [-0.2, 0) is 58.8 Å². The van der Waals surface area contributed by atoms with Gasteiger partial charge in [0, 0.05) is 50.4 Å². The molecule has 0 aliphatic carbocycles. The van der Waals surface area contributed by atoms with E-state index in [1.165, 1.54) is 0 Å². The smallest absolute Gasteiger partial charge is 0.311 e. The first-order valence-corrected chi connectivity index (χ1v) is 22.4. The number of ketones is 1. The van der Waals surface area contributed by atoms with E-state index in [9.17, 15) is 19.8 Å². The fraction of sp³-hybridized carbons (Fsp3) is 0.830. The minimum Gasteiger partial charge on any atom is -0.459 e. The van der Waals surface area contributed by atoms with Crippen LogP contribution in [0.1, 0.15) is 100 Å². The van der Waals surface area contributed by atoms with E-state index in [-0.39, 0.29) is 37.4 Å². The molecule has 0 spiro atoms. The highest BCUT2D eigenvalue weighted by Gasteiger charge is 2.58. The zero-order chi connectivity index (χ0) is 45.2. The number of Topliss-reactive ketones (excluding diaryl/α,β-unsaturated/α-hetero) is 1. The van der Waals surface area contributed by atoms with Gasteiger partial charge in [-0.25, -0.2) is 0 Å². The number of ether oxygens (including phenoxy) is 9. The van der Waals surface area contributed by atoms with Gasteiger partial charge in [-0.1, -0.05) is 58.0 Å². The van der Waals surface area contributed by atoms with Gasteiger partial charge in [-0.2, -0.15) is 0 Å². The number of aliphatic hydroxyl groups is 2. The van der Waals surface area contributed by atoms with Gasteiger partial charge in [0.1, 0.15) is 29.7 Å². The van der Waals surface area contributed by atoms with Crippen molar-refractivity contribution in [1.29, 1.82) is 0 Å². The number of carbonyl (C=O) groups excluding carboxylic acids is 2. The topological polar surface area (TPSA) is 161 Å². The van der Waals surface area contributed by atoms with Crippen LogP contribution >= 0.6 is 0 Å². The molecule has 1 aromatic rings. The van der Waals surface area contributed by atoms with Gasteiger partial charge in [0.15, 0.2) is 12.6 Å². The summed E-state index contributed by atoms with van der Waals surface area (Å²) in [5.74, 6) is -4.07. The molecule has 0 amide bonds. The summed E-state index contributed by atoms with van der Waals surface area (Å²) >= 11 is 0. The Morgan fingerprint density at radius 2 is 1.49 bits per heavy atom. The van der Waals surface area contributed by atoms with Gasteiger partial charge < -0.3 is 57.7 Å². The molecule has 61 heavy (non-hydrogen) atoms. The molecule has 4 aliphatic heterocycles. The van der Waals surface area contributed by atoms with Crippen molar-refractivity contribution in [3.05, 3.63) is 35.9 Å². The van der Waals surface area contributed by atoms with E-state index in [4.69, 9.17) is 42.6 Å².